The highest BCUT2D eigenvalue weighted by molar-refractivity contribution is 5.41. The van der Waals surface area contributed by atoms with Crippen molar-refractivity contribution in [2.75, 3.05) is 5.73 Å². The fourth-order valence-corrected chi connectivity index (χ4v) is 3.02. The summed E-state index contributed by atoms with van der Waals surface area (Å²) in [7, 11) is 0. The van der Waals surface area contributed by atoms with Crippen LogP contribution in [0.15, 0.2) is 30.3 Å². The summed E-state index contributed by atoms with van der Waals surface area (Å²) in [6, 6.07) is 11.0. The molecule has 0 radical (unpaired) electrons. The molecule has 0 aliphatic heterocycles. The average molecular weight is 283 g/mol. The van der Waals surface area contributed by atoms with Crippen molar-refractivity contribution in [3.8, 4) is 0 Å². The maximum absolute atomic E-state index is 6.40. The van der Waals surface area contributed by atoms with Gasteiger partial charge in [-0.05, 0) is 44.6 Å². The topological polar surface area (TPSA) is 43.8 Å². The first kappa shape index (κ1) is 14.2. The van der Waals surface area contributed by atoms with Crippen LogP contribution in [0.5, 0.6) is 0 Å². The van der Waals surface area contributed by atoms with E-state index < -0.39 is 0 Å². The van der Waals surface area contributed by atoms with Crippen molar-refractivity contribution < 1.29 is 0 Å². The molecule has 1 fully saturated rings. The highest BCUT2D eigenvalue weighted by Gasteiger charge is 2.31. The Kier molecular flexibility index (Phi) is 3.75. The minimum absolute atomic E-state index is 0.383. The first-order valence-electron chi connectivity index (χ1n) is 7.99. The highest BCUT2D eigenvalue weighted by Crippen LogP contribution is 2.42. The maximum atomic E-state index is 6.40. The van der Waals surface area contributed by atoms with Crippen molar-refractivity contribution in [3.63, 3.8) is 0 Å². The Labute approximate surface area is 127 Å². The zero-order chi connectivity index (χ0) is 15.0. The zero-order valence-electron chi connectivity index (χ0n) is 13.2. The van der Waals surface area contributed by atoms with Crippen molar-refractivity contribution in [1.82, 2.24) is 9.55 Å². The van der Waals surface area contributed by atoms with Gasteiger partial charge in [-0.3, -0.25) is 0 Å². The molecule has 0 amide bonds. The Morgan fingerprint density at radius 2 is 1.86 bits per heavy atom. The monoisotopic (exact) mass is 283 g/mol. The van der Waals surface area contributed by atoms with E-state index in [1.54, 1.807) is 0 Å². The second kappa shape index (κ2) is 5.55. The number of aromatic nitrogens is 2. The van der Waals surface area contributed by atoms with Gasteiger partial charge in [0.25, 0.3) is 0 Å². The summed E-state index contributed by atoms with van der Waals surface area (Å²) in [5.74, 6) is 3.15. The second-order valence-corrected chi connectivity index (χ2v) is 6.56. The van der Waals surface area contributed by atoms with Crippen molar-refractivity contribution in [2.45, 2.75) is 57.9 Å². The van der Waals surface area contributed by atoms with E-state index in [0.717, 1.165) is 17.9 Å². The molecule has 1 unspecified atom stereocenters. The number of imidazole rings is 1. The lowest BCUT2D eigenvalue weighted by Gasteiger charge is -2.14. The lowest BCUT2D eigenvalue weighted by molar-refractivity contribution is 0.576. The molecule has 112 valence electrons. The molecule has 1 saturated carbocycles. The molecule has 2 N–H and O–H groups in total. The van der Waals surface area contributed by atoms with Crippen molar-refractivity contribution >= 4 is 5.82 Å². The SMILES string of the molecule is CC(Cc1nc(C2CC2)n(C(C)C)c1N)c1ccccc1. The van der Waals surface area contributed by atoms with E-state index in [9.17, 15) is 0 Å². The third-order valence-corrected chi connectivity index (χ3v) is 4.38. The zero-order valence-corrected chi connectivity index (χ0v) is 13.2. The van der Waals surface area contributed by atoms with E-state index in [1.807, 2.05) is 0 Å². The summed E-state index contributed by atoms with van der Waals surface area (Å²) >= 11 is 0. The van der Waals surface area contributed by atoms with Gasteiger partial charge >= 0.3 is 0 Å². The van der Waals surface area contributed by atoms with Crippen LogP contribution < -0.4 is 5.73 Å². The van der Waals surface area contributed by atoms with Crippen LogP contribution in [-0.4, -0.2) is 9.55 Å². The minimum Gasteiger partial charge on any atom is -0.384 e. The lowest BCUT2D eigenvalue weighted by atomic mass is 9.96. The molecule has 1 aliphatic rings. The average Bonchev–Trinajstić information content (AvgIpc) is 3.26. The van der Waals surface area contributed by atoms with Crippen LogP contribution in [-0.2, 0) is 6.42 Å². The molecule has 0 saturated heterocycles. The molecule has 1 aromatic heterocycles. The van der Waals surface area contributed by atoms with Crippen LogP contribution in [0.25, 0.3) is 0 Å². The number of nitrogen functional groups attached to an aromatic ring is 1. The molecule has 0 spiro atoms. The first-order chi connectivity index (χ1) is 10.1. The van der Waals surface area contributed by atoms with Crippen LogP contribution in [0.2, 0.25) is 0 Å². The highest BCUT2D eigenvalue weighted by atomic mass is 15.2. The molecule has 2 aromatic rings. The van der Waals surface area contributed by atoms with Crippen molar-refractivity contribution in [3.05, 3.63) is 47.4 Å². The molecule has 0 bridgehead atoms. The van der Waals surface area contributed by atoms with Crippen molar-refractivity contribution in [2.24, 2.45) is 0 Å². The van der Waals surface area contributed by atoms with Crippen LogP contribution in [0, 0.1) is 0 Å². The molecule has 1 atom stereocenters. The molecule has 3 rings (SSSR count). The van der Waals surface area contributed by atoms with Gasteiger partial charge in [0.15, 0.2) is 0 Å². The number of anilines is 1. The molecule has 1 heterocycles. The number of nitrogens with zero attached hydrogens (tertiary/aromatic N) is 2. The van der Waals surface area contributed by atoms with Crippen LogP contribution >= 0.6 is 0 Å². The number of benzene rings is 1. The molecule has 3 heteroatoms. The Balaban J connectivity index is 1.87. The fraction of sp³-hybridized carbons (Fsp3) is 0.500. The largest absolute Gasteiger partial charge is 0.384 e. The Bertz CT molecular complexity index is 609. The first-order valence-corrected chi connectivity index (χ1v) is 7.99. The molecular formula is C18H25N3. The second-order valence-electron chi connectivity index (χ2n) is 6.56. The molecular weight excluding hydrogens is 258 g/mol. The summed E-state index contributed by atoms with van der Waals surface area (Å²) in [6.07, 6.45) is 3.43. The summed E-state index contributed by atoms with van der Waals surface area (Å²) < 4.78 is 2.24. The van der Waals surface area contributed by atoms with Gasteiger partial charge in [0.1, 0.15) is 11.6 Å². The standard InChI is InChI=1S/C18H25N3/c1-12(2)21-17(19)16(20-18(21)15-9-10-15)11-13(3)14-7-5-4-6-8-14/h4-8,12-13,15H,9-11,19H2,1-3H3. The maximum Gasteiger partial charge on any atom is 0.127 e. The molecule has 21 heavy (non-hydrogen) atoms. The quantitative estimate of drug-likeness (QED) is 0.890. The predicted octanol–water partition coefficient (Wildman–Crippen LogP) is 4.27. The lowest BCUT2D eigenvalue weighted by Crippen LogP contribution is -2.09. The molecule has 3 nitrogen and oxygen atoms in total. The van der Waals surface area contributed by atoms with Gasteiger partial charge in [0.05, 0.1) is 5.69 Å². The Hall–Kier alpha value is -1.77. The van der Waals surface area contributed by atoms with E-state index in [1.165, 1.54) is 24.2 Å². The van der Waals surface area contributed by atoms with Gasteiger partial charge in [-0.25, -0.2) is 4.98 Å². The predicted molar refractivity (Wildman–Crippen MR) is 87.6 cm³/mol. The summed E-state index contributed by atoms with van der Waals surface area (Å²) in [4.78, 5) is 4.90. The van der Waals surface area contributed by atoms with Gasteiger partial charge < -0.3 is 10.3 Å². The summed E-state index contributed by atoms with van der Waals surface area (Å²) in [6.45, 7) is 6.63. The van der Waals surface area contributed by atoms with Crippen LogP contribution in [0.3, 0.4) is 0 Å². The van der Waals surface area contributed by atoms with Crippen LogP contribution in [0.1, 0.15) is 68.6 Å². The van der Waals surface area contributed by atoms with E-state index in [-0.39, 0.29) is 0 Å². The van der Waals surface area contributed by atoms with Gasteiger partial charge in [-0.1, -0.05) is 37.3 Å². The Morgan fingerprint density at radius 3 is 2.43 bits per heavy atom. The van der Waals surface area contributed by atoms with E-state index >= 15 is 0 Å². The van der Waals surface area contributed by atoms with E-state index in [2.05, 4.69) is 55.7 Å². The third-order valence-electron chi connectivity index (χ3n) is 4.38. The number of nitrogens with two attached hydrogens (primary N) is 1. The summed E-state index contributed by atoms with van der Waals surface area (Å²) in [5, 5.41) is 0. The van der Waals surface area contributed by atoms with E-state index in [0.29, 0.717) is 17.9 Å². The molecule has 1 aliphatic carbocycles. The Morgan fingerprint density at radius 1 is 1.19 bits per heavy atom. The van der Waals surface area contributed by atoms with Gasteiger partial charge in [-0.2, -0.15) is 0 Å². The van der Waals surface area contributed by atoms with Crippen LogP contribution in [0.4, 0.5) is 5.82 Å². The number of hydrogen-bond acceptors (Lipinski definition) is 2. The normalized spacial score (nSPS) is 16.4. The summed E-state index contributed by atoms with van der Waals surface area (Å²) in [5.41, 5.74) is 8.82. The van der Waals surface area contributed by atoms with Gasteiger partial charge in [-0.15, -0.1) is 0 Å². The van der Waals surface area contributed by atoms with Crippen molar-refractivity contribution in [1.29, 1.82) is 0 Å². The van der Waals surface area contributed by atoms with Gasteiger partial charge in [0, 0.05) is 12.0 Å². The fourth-order valence-electron chi connectivity index (χ4n) is 3.02. The number of rotatable bonds is 5. The van der Waals surface area contributed by atoms with E-state index in [4.69, 9.17) is 10.7 Å². The third kappa shape index (κ3) is 2.82. The minimum atomic E-state index is 0.383. The smallest absolute Gasteiger partial charge is 0.127 e. The number of hydrogen-bond donors (Lipinski definition) is 1. The van der Waals surface area contributed by atoms with Gasteiger partial charge in [0.2, 0.25) is 0 Å². The molecule has 1 aromatic carbocycles.